The van der Waals surface area contributed by atoms with Gasteiger partial charge in [0.05, 0.1) is 25.7 Å². The standard InChI is InChI=1S/C46H44Cl4N2O6/c1-27(54-7)56-35-21-13-31(14-22-35)37(29-9-17-33(18-10-29)51(3)4)25-46(40-39(45(53)58-46)41(47)43(49)44(50)42(40)48)26-38(30-11-19-34(20-12-30)52(5)6)32-15-23-36(24-16-32)57-28(2)55-8/h9-28H,1-8H3/b37-25+,38-26+. The second-order valence-corrected chi connectivity index (χ2v) is 15.6. The molecule has 1 heterocycles. The number of hydrogen-bond acceptors (Lipinski definition) is 8. The van der Waals surface area contributed by atoms with Gasteiger partial charge >= 0.3 is 5.97 Å². The number of halogens is 4. The van der Waals surface area contributed by atoms with Gasteiger partial charge in [0, 0.05) is 59.3 Å². The molecule has 12 heteroatoms. The van der Waals surface area contributed by atoms with Crippen molar-refractivity contribution in [1.82, 2.24) is 0 Å². The molecule has 0 spiro atoms. The molecule has 58 heavy (non-hydrogen) atoms. The van der Waals surface area contributed by atoms with Gasteiger partial charge in [0.15, 0.2) is 18.2 Å². The first kappa shape index (κ1) is 42.9. The molecule has 0 fully saturated rings. The summed E-state index contributed by atoms with van der Waals surface area (Å²) in [5.74, 6) is 0.506. The Kier molecular flexibility index (Phi) is 13.4. The Labute approximate surface area is 360 Å². The van der Waals surface area contributed by atoms with Crippen LogP contribution in [0.1, 0.15) is 52.0 Å². The van der Waals surface area contributed by atoms with Gasteiger partial charge in [-0.1, -0.05) is 94.9 Å². The molecule has 0 bridgehead atoms. The lowest BCUT2D eigenvalue weighted by Crippen LogP contribution is -2.23. The monoisotopic (exact) mass is 860 g/mol. The molecule has 1 aliphatic rings. The lowest BCUT2D eigenvalue weighted by molar-refractivity contribution is -0.0385. The van der Waals surface area contributed by atoms with E-state index >= 15 is 0 Å². The van der Waals surface area contributed by atoms with Crippen molar-refractivity contribution < 1.29 is 28.5 Å². The summed E-state index contributed by atoms with van der Waals surface area (Å²) in [6.07, 6.45) is 2.85. The van der Waals surface area contributed by atoms with E-state index in [0.29, 0.717) is 22.6 Å². The molecular weight excluding hydrogens is 818 g/mol. The third-order valence-electron chi connectivity index (χ3n) is 9.83. The highest BCUT2D eigenvalue weighted by molar-refractivity contribution is 6.53. The Bertz CT molecular complexity index is 2200. The van der Waals surface area contributed by atoms with Gasteiger partial charge in [0.25, 0.3) is 0 Å². The fourth-order valence-electron chi connectivity index (χ4n) is 6.57. The maximum atomic E-state index is 14.2. The lowest BCUT2D eigenvalue weighted by atomic mass is 9.83. The van der Waals surface area contributed by atoms with Crippen LogP contribution in [0.2, 0.25) is 20.1 Å². The van der Waals surface area contributed by atoms with Gasteiger partial charge in [0.1, 0.15) is 11.5 Å². The van der Waals surface area contributed by atoms with Crippen LogP contribution in [0.5, 0.6) is 11.5 Å². The number of ether oxygens (including phenoxy) is 5. The predicted molar refractivity (Wildman–Crippen MR) is 236 cm³/mol. The van der Waals surface area contributed by atoms with Crippen molar-refractivity contribution in [2.75, 3.05) is 52.2 Å². The molecular formula is C46H44Cl4N2O6. The van der Waals surface area contributed by atoms with Crippen LogP contribution >= 0.6 is 46.4 Å². The first-order chi connectivity index (χ1) is 27.7. The van der Waals surface area contributed by atoms with E-state index in [1.165, 1.54) is 0 Å². The van der Waals surface area contributed by atoms with Crippen LogP contribution in [0, 0.1) is 0 Å². The zero-order valence-corrected chi connectivity index (χ0v) is 36.4. The average Bonchev–Trinajstić information content (AvgIpc) is 3.52. The highest BCUT2D eigenvalue weighted by Crippen LogP contribution is 2.53. The van der Waals surface area contributed by atoms with Crippen LogP contribution in [-0.2, 0) is 19.8 Å². The summed E-state index contributed by atoms with van der Waals surface area (Å²) in [6, 6.07) is 31.3. The Morgan fingerprint density at radius 3 is 1.26 bits per heavy atom. The molecule has 0 saturated carbocycles. The number of benzene rings is 5. The van der Waals surface area contributed by atoms with Crippen molar-refractivity contribution in [3.8, 4) is 11.5 Å². The number of hydrogen-bond donors (Lipinski definition) is 0. The summed E-state index contributed by atoms with van der Waals surface area (Å²) >= 11 is 27.4. The summed E-state index contributed by atoms with van der Waals surface area (Å²) in [7, 11) is 11.1. The molecule has 2 unspecified atom stereocenters. The van der Waals surface area contributed by atoms with E-state index in [9.17, 15) is 4.79 Å². The highest BCUT2D eigenvalue weighted by atomic mass is 35.5. The van der Waals surface area contributed by atoms with Gasteiger partial charge in [-0.3, -0.25) is 0 Å². The minimum absolute atomic E-state index is 0.00661. The average molecular weight is 863 g/mol. The Balaban J connectivity index is 1.69. The number of nitrogens with zero attached hydrogens (tertiary/aromatic N) is 2. The molecule has 8 nitrogen and oxygen atoms in total. The van der Waals surface area contributed by atoms with Gasteiger partial charge in [-0.2, -0.15) is 0 Å². The quantitative estimate of drug-likeness (QED) is 0.0473. The zero-order valence-electron chi connectivity index (χ0n) is 33.4. The second kappa shape index (κ2) is 18.1. The maximum absolute atomic E-state index is 14.2. The third-order valence-corrected chi connectivity index (χ3v) is 11.6. The number of esters is 1. The molecule has 0 saturated heterocycles. The number of methoxy groups -OCH3 is 2. The molecule has 0 aliphatic carbocycles. The number of anilines is 2. The Hall–Kier alpha value is -4.67. The number of carbonyl (C=O) groups excluding carboxylic acids is 1. The molecule has 6 rings (SSSR count). The van der Waals surface area contributed by atoms with Crippen LogP contribution in [0.3, 0.4) is 0 Å². The van der Waals surface area contributed by atoms with Crippen molar-refractivity contribution in [2.24, 2.45) is 0 Å². The molecule has 0 N–H and O–H groups in total. The van der Waals surface area contributed by atoms with Crippen molar-refractivity contribution in [2.45, 2.75) is 32.0 Å². The number of cyclic esters (lactones) is 1. The molecule has 0 radical (unpaired) electrons. The molecule has 2 atom stereocenters. The first-order valence-electron chi connectivity index (χ1n) is 18.4. The normalized spacial score (nSPS) is 16.4. The highest BCUT2D eigenvalue weighted by Gasteiger charge is 2.48. The fraction of sp³-hybridized carbons (Fsp3) is 0.239. The number of rotatable bonds is 14. The summed E-state index contributed by atoms with van der Waals surface area (Å²) in [6.45, 7) is 3.62. The first-order valence-corrected chi connectivity index (χ1v) is 19.9. The minimum Gasteiger partial charge on any atom is -0.465 e. The van der Waals surface area contributed by atoms with Gasteiger partial charge in [-0.15, -0.1) is 0 Å². The van der Waals surface area contributed by atoms with Crippen molar-refractivity contribution >= 4 is 74.9 Å². The summed E-state index contributed by atoms with van der Waals surface area (Å²) in [5, 5.41) is -0.0823. The molecule has 0 amide bonds. The molecule has 302 valence electrons. The number of carbonyl (C=O) groups is 1. The topological polar surface area (TPSA) is 69.7 Å². The Morgan fingerprint density at radius 1 is 0.569 bits per heavy atom. The van der Waals surface area contributed by atoms with E-state index in [1.807, 2.05) is 161 Å². The van der Waals surface area contributed by atoms with E-state index in [1.54, 1.807) is 14.2 Å². The van der Waals surface area contributed by atoms with Crippen LogP contribution in [-0.4, -0.2) is 61.0 Å². The maximum Gasteiger partial charge on any atom is 0.341 e. The lowest BCUT2D eigenvalue weighted by Gasteiger charge is -2.27. The molecule has 5 aromatic rings. The van der Waals surface area contributed by atoms with E-state index in [-0.39, 0.29) is 31.2 Å². The van der Waals surface area contributed by atoms with Gasteiger partial charge < -0.3 is 33.5 Å². The summed E-state index contributed by atoms with van der Waals surface area (Å²) < 4.78 is 29.0. The minimum atomic E-state index is -1.69. The van der Waals surface area contributed by atoms with E-state index in [2.05, 4.69) is 0 Å². The van der Waals surface area contributed by atoms with Crippen molar-refractivity contribution in [3.63, 3.8) is 0 Å². The predicted octanol–water partition coefficient (Wildman–Crippen LogP) is 11.8. The van der Waals surface area contributed by atoms with Crippen LogP contribution < -0.4 is 19.3 Å². The largest absolute Gasteiger partial charge is 0.465 e. The van der Waals surface area contributed by atoms with E-state index in [0.717, 1.165) is 33.6 Å². The third kappa shape index (κ3) is 8.98. The molecule has 5 aromatic carbocycles. The summed E-state index contributed by atoms with van der Waals surface area (Å²) in [4.78, 5) is 18.3. The number of fused-ring (bicyclic) bond motifs is 1. The van der Waals surface area contributed by atoms with E-state index < -0.39 is 24.2 Å². The van der Waals surface area contributed by atoms with Gasteiger partial charge in [-0.25, -0.2) is 4.79 Å². The van der Waals surface area contributed by atoms with Gasteiger partial charge in [0.2, 0.25) is 0 Å². The van der Waals surface area contributed by atoms with Crippen LogP contribution in [0.15, 0.2) is 109 Å². The zero-order chi connectivity index (χ0) is 41.9. The molecule has 0 aromatic heterocycles. The Morgan fingerprint density at radius 2 is 0.914 bits per heavy atom. The van der Waals surface area contributed by atoms with Crippen LogP contribution in [0.4, 0.5) is 11.4 Å². The SMILES string of the molecule is COC(C)Oc1ccc(/C(=C/C2(/C=C(/c3ccc(OC(C)OC)cc3)c3ccc(N(C)C)cc3)OC(=O)c3c(Cl)c(Cl)c(Cl)c(Cl)c32)c2ccc(N(C)C)cc2)cc1. The smallest absolute Gasteiger partial charge is 0.341 e. The summed E-state index contributed by atoms with van der Waals surface area (Å²) in [5.41, 5.74) is 5.26. The van der Waals surface area contributed by atoms with Crippen molar-refractivity contribution in [3.05, 3.63) is 163 Å². The second-order valence-electron chi connectivity index (χ2n) is 14.1. The van der Waals surface area contributed by atoms with Crippen molar-refractivity contribution in [1.29, 1.82) is 0 Å². The van der Waals surface area contributed by atoms with Crippen LogP contribution in [0.25, 0.3) is 11.1 Å². The fourth-order valence-corrected chi connectivity index (χ4v) is 7.65. The van der Waals surface area contributed by atoms with E-state index in [4.69, 9.17) is 70.1 Å². The van der Waals surface area contributed by atoms with Gasteiger partial charge in [-0.05, 0) is 108 Å². The molecule has 1 aliphatic heterocycles.